The molecule has 2 N–H and O–H groups in total. The van der Waals surface area contributed by atoms with Crippen molar-refractivity contribution in [2.24, 2.45) is 0 Å². The quantitative estimate of drug-likeness (QED) is 0.619. The van der Waals surface area contributed by atoms with Crippen molar-refractivity contribution in [1.29, 1.82) is 5.26 Å². The molecule has 0 saturated carbocycles. The number of likely N-dealkylation sites (tertiary alicyclic amines) is 1. The van der Waals surface area contributed by atoms with Gasteiger partial charge in [-0.3, -0.25) is 0 Å². The summed E-state index contributed by atoms with van der Waals surface area (Å²) in [5.74, 6) is -0.314. The average molecular weight is 421 g/mol. The van der Waals surface area contributed by atoms with Crippen molar-refractivity contribution in [3.63, 3.8) is 0 Å². The molecule has 31 heavy (non-hydrogen) atoms. The molecule has 0 aliphatic carbocycles. The van der Waals surface area contributed by atoms with E-state index in [1.807, 2.05) is 19.1 Å². The summed E-state index contributed by atoms with van der Waals surface area (Å²) in [6.07, 6.45) is 3.09. The molecule has 1 fully saturated rings. The highest BCUT2D eigenvalue weighted by molar-refractivity contribution is 5.81. The van der Waals surface area contributed by atoms with Crippen molar-refractivity contribution in [1.82, 2.24) is 4.90 Å². The minimum absolute atomic E-state index is 0.314. The van der Waals surface area contributed by atoms with Crippen LogP contribution in [0.1, 0.15) is 49.4 Å². The van der Waals surface area contributed by atoms with Gasteiger partial charge in [0.1, 0.15) is 0 Å². The van der Waals surface area contributed by atoms with E-state index in [0.29, 0.717) is 18.2 Å². The third-order valence-corrected chi connectivity index (χ3v) is 5.69. The van der Waals surface area contributed by atoms with Gasteiger partial charge in [0.25, 0.3) is 0 Å². The summed E-state index contributed by atoms with van der Waals surface area (Å²) >= 11 is 0. The third kappa shape index (κ3) is 6.22. The molecule has 3 rings (SSSR count). The van der Waals surface area contributed by atoms with Gasteiger partial charge in [-0.2, -0.15) is 5.26 Å². The summed E-state index contributed by atoms with van der Waals surface area (Å²) < 4.78 is 5.37. The van der Waals surface area contributed by atoms with Gasteiger partial charge in [-0.15, -0.1) is 0 Å². The van der Waals surface area contributed by atoms with Gasteiger partial charge < -0.3 is 20.3 Å². The molecule has 1 atom stereocenters. The molecule has 0 amide bonds. The van der Waals surface area contributed by atoms with Crippen LogP contribution in [-0.4, -0.2) is 43.7 Å². The van der Waals surface area contributed by atoms with Gasteiger partial charge in [-0.1, -0.05) is 13.0 Å². The molecule has 1 saturated heterocycles. The van der Waals surface area contributed by atoms with Crippen LogP contribution in [0.2, 0.25) is 0 Å². The first-order chi connectivity index (χ1) is 15.0. The Morgan fingerprint density at radius 3 is 2.48 bits per heavy atom. The molecule has 1 aliphatic rings. The fraction of sp³-hybridized carbons (Fsp3) is 0.440. The Labute approximate surface area is 185 Å². The van der Waals surface area contributed by atoms with E-state index >= 15 is 0 Å². The average Bonchev–Trinajstić information content (AvgIpc) is 2.79. The second kappa shape index (κ2) is 10.8. The van der Waals surface area contributed by atoms with E-state index in [9.17, 15) is 4.79 Å². The molecule has 1 heterocycles. The number of hydrogen-bond acceptors (Lipinski definition) is 6. The lowest BCUT2D eigenvalue weighted by molar-refractivity contribution is -0.144. The van der Waals surface area contributed by atoms with Crippen molar-refractivity contribution in [3.8, 4) is 6.07 Å². The SMILES string of the molecule is CCOC(=O)C(Nc1ccc(C#N)cc1)c1cc(CC)cc(NC2CCN(C)CC2)c1. The topological polar surface area (TPSA) is 77.4 Å². The molecule has 1 aliphatic heterocycles. The number of ether oxygens (including phenoxy) is 1. The fourth-order valence-electron chi connectivity index (χ4n) is 3.87. The van der Waals surface area contributed by atoms with Crippen LogP contribution in [0.25, 0.3) is 0 Å². The van der Waals surface area contributed by atoms with E-state index < -0.39 is 6.04 Å². The number of benzene rings is 2. The molecule has 164 valence electrons. The minimum atomic E-state index is -0.627. The van der Waals surface area contributed by atoms with E-state index in [1.54, 1.807) is 12.1 Å². The number of hydrogen-bond donors (Lipinski definition) is 2. The molecule has 0 radical (unpaired) electrons. The molecule has 2 aromatic carbocycles. The van der Waals surface area contributed by atoms with Gasteiger partial charge in [-0.25, -0.2) is 4.79 Å². The number of rotatable bonds is 8. The molecule has 6 heteroatoms. The lowest BCUT2D eigenvalue weighted by Crippen LogP contribution is -2.36. The number of nitrogens with one attached hydrogen (secondary N) is 2. The molecule has 0 aromatic heterocycles. The Morgan fingerprint density at radius 1 is 1.16 bits per heavy atom. The summed E-state index contributed by atoms with van der Waals surface area (Å²) in [6, 6.07) is 15.3. The largest absolute Gasteiger partial charge is 0.464 e. The standard InChI is InChI=1S/C25H32N4O2/c1-4-18-14-20(16-23(15-18)27-22-10-12-29(3)13-11-22)24(25(30)31-5-2)28-21-8-6-19(17-26)7-9-21/h6-9,14-16,22,24,27-28H,4-5,10-13H2,1-3H3. The second-order valence-corrected chi connectivity index (χ2v) is 8.06. The highest BCUT2D eigenvalue weighted by Gasteiger charge is 2.24. The van der Waals surface area contributed by atoms with Crippen LogP contribution in [0.4, 0.5) is 11.4 Å². The third-order valence-electron chi connectivity index (χ3n) is 5.69. The Bertz CT molecular complexity index is 912. The fourth-order valence-corrected chi connectivity index (χ4v) is 3.87. The first-order valence-electron chi connectivity index (χ1n) is 11.0. The van der Waals surface area contributed by atoms with Crippen LogP contribution < -0.4 is 10.6 Å². The van der Waals surface area contributed by atoms with Gasteiger partial charge in [0, 0.05) is 17.4 Å². The summed E-state index contributed by atoms with van der Waals surface area (Å²) in [6.45, 7) is 6.42. The van der Waals surface area contributed by atoms with E-state index in [0.717, 1.165) is 49.3 Å². The second-order valence-electron chi connectivity index (χ2n) is 8.06. The number of aryl methyl sites for hydroxylation is 1. The predicted octanol–water partition coefficient (Wildman–Crippen LogP) is 4.34. The van der Waals surface area contributed by atoms with Gasteiger partial charge in [0.15, 0.2) is 6.04 Å². The molecule has 1 unspecified atom stereocenters. The molecule has 6 nitrogen and oxygen atoms in total. The van der Waals surface area contributed by atoms with Gasteiger partial charge >= 0.3 is 5.97 Å². The van der Waals surface area contributed by atoms with Gasteiger partial charge in [-0.05, 0) is 93.8 Å². The van der Waals surface area contributed by atoms with Crippen molar-refractivity contribution in [2.45, 2.75) is 45.2 Å². The van der Waals surface area contributed by atoms with Gasteiger partial charge in [0.2, 0.25) is 0 Å². The number of piperidine rings is 1. The van der Waals surface area contributed by atoms with Crippen LogP contribution in [-0.2, 0) is 16.0 Å². The Morgan fingerprint density at radius 2 is 1.87 bits per heavy atom. The normalized spacial score (nSPS) is 15.7. The highest BCUT2D eigenvalue weighted by Crippen LogP contribution is 2.27. The van der Waals surface area contributed by atoms with Crippen molar-refractivity contribution < 1.29 is 9.53 Å². The van der Waals surface area contributed by atoms with Gasteiger partial charge in [0.05, 0.1) is 18.2 Å². The maximum Gasteiger partial charge on any atom is 0.333 e. The van der Waals surface area contributed by atoms with E-state index in [1.165, 1.54) is 5.56 Å². The molecule has 0 spiro atoms. The van der Waals surface area contributed by atoms with Crippen molar-refractivity contribution in [3.05, 3.63) is 59.2 Å². The lowest BCUT2D eigenvalue weighted by Gasteiger charge is -2.30. The maximum atomic E-state index is 12.8. The lowest BCUT2D eigenvalue weighted by atomic mass is 9.99. The van der Waals surface area contributed by atoms with Crippen LogP contribution in [0.15, 0.2) is 42.5 Å². The van der Waals surface area contributed by atoms with Crippen molar-refractivity contribution >= 4 is 17.3 Å². The maximum absolute atomic E-state index is 12.8. The number of anilines is 2. The molecular formula is C25H32N4O2. The van der Waals surface area contributed by atoms with E-state index in [-0.39, 0.29) is 5.97 Å². The zero-order chi connectivity index (χ0) is 22.2. The molecular weight excluding hydrogens is 388 g/mol. The summed E-state index contributed by atoms with van der Waals surface area (Å²) in [5, 5.41) is 16.0. The van der Waals surface area contributed by atoms with Crippen LogP contribution in [0.3, 0.4) is 0 Å². The minimum Gasteiger partial charge on any atom is -0.464 e. The summed E-state index contributed by atoms with van der Waals surface area (Å²) in [7, 11) is 2.16. The number of nitriles is 1. The summed E-state index contributed by atoms with van der Waals surface area (Å²) in [5.41, 5.74) is 4.43. The Kier molecular flexibility index (Phi) is 7.91. The summed E-state index contributed by atoms with van der Waals surface area (Å²) in [4.78, 5) is 15.2. The first-order valence-corrected chi connectivity index (χ1v) is 11.0. The Hall–Kier alpha value is -3.04. The zero-order valence-corrected chi connectivity index (χ0v) is 18.6. The van der Waals surface area contributed by atoms with Crippen LogP contribution in [0, 0.1) is 11.3 Å². The van der Waals surface area contributed by atoms with Crippen LogP contribution >= 0.6 is 0 Å². The Balaban J connectivity index is 1.87. The number of carbonyl (C=O) groups excluding carboxylic acids is 1. The molecule has 0 bridgehead atoms. The zero-order valence-electron chi connectivity index (χ0n) is 18.6. The predicted molar refractivity (Wildman–Crippen MR) is 124 cm³/mol. The van der Waals surface area contributed by atoms with Crippen LogP contribution in [0.5, 0.6) is 0 Å². The smallest absolute Gasteiger partial charge is 0.333 e. The molecule has 2 aromatic rings. The van der Waals surface area contributed by atoms with E-state index in [4.69, 9.17) is 10.00 Å². The number of esters is 1. The van der Waals surface area contributed by atoms with E-state index in [2.05, 4.69) is 53.8 Å². The monoisotopic (exact) mass is 420 g/mol. The first kappa shape index (κ1) is 22.6. The van der Waals surface area contributed by atoms with Crippen molar-refractivity contribution in [2.75, 3.05) is 37.4 Å². The number of nitrogens with zero attached hydrogens (tertiary/aromatic N) is 2. The number of carbonyl (C=O) groups is 1. The highest BCUT2D eigenvalue weighted by atomic mass is 16.5.